The highest BCUT2D eigenvalue weighted by Crippen LogP contribution is 1.97. The molecule has 0 saturated carbocycles. The molecule has 1 N–H and O–H groups in total. The van der Waals surface area contributed by atoms with E-state index >= 15 is 0 Å². The Morgan fingerprint density at radius 3 is 2.54 bits per heavy atom. The van der Waals surface area contributed by atoms with E-state index < -0.39 is 0 Å². The average molecular weight is 187 g/mol. The van der Waals surface area contributed by atoms with E-state index in [0.717, 1.165) is 19.3 Å². The lowest BCUT2D eigenvalue weighted by atomic mass is 10.2. The second kappa shape index (κ2) is 7.58. The maximum Gasteiger partial charge on any atom is 0.304 e. The fourth-order valence-electron chi connectivity index (χ4n) is 0.842. The first-order chi connectivity index (χ1) is 6.16. The topological polar surface area (TPSA) is 55.4 Å². The summed E-state index contributed by atoms with van der Waals surface area (Å²) in [4.78, 5) is 21.3. The second-order valence-electron chi connectivity index (χ2n) is 2.84. The molecule has 0 aliphatic heterocycles. The van der Waals surface area contributed by atoms with Gasteiger partial charge < -0.3 is 10.1 Å². The van der Waals surface area contributed by atoms with Crippen LogP contribution in [-0.2, 0) is 14.3 Å². The number of amides is 1. The molecule has 76 valence electrons. The van der Waals surface area contributed by atoms with Crippen molar-refractivity contribution in [2.75, 3.05) is 6.73 Å². The summed E-state index contributed by atoms with van der Waals surface area (Å²) in [5.41, 5.74) is 0. The van der Waals surface area contributed by atoms with Crippen LogP contribution >= 0.6 is 0 Å². The van der Waals surface area contributed by atoms with Gasteiger partial charge in [0.2, 0.25) is 5.91 Å². The van der Waals surface area contributed by atoms with Crippen molar-refractivity contribution in [1.82, 2.24) is 5.32 Å². The van der Waals surface area contributed by atoms with Crippen molar-refractivity contribution in [2.24, 2.45) is 0 Å². The normalized spacial score (nSPS) is 9.38. The number of unbranched alkanes of at least 4 members (excludes halogenated alkanes) is 2. The van der Waals surface area contributed by atoms with Gasteiger partial charge in [-0.05, 0) is 6.42 Å². The lowest BCUT2D eigenvalue weighted by Crippen LogP contribution is -2.26. The molecule has 0 saturated heterocycles. The van der Waals surface area contributed by atoms with Gasteiger partial charge in [0, 0.05) is 13.3 Å². The van der Waals surface area contributed by atoms with E-state index in [-0.39, 0.29) is 18.6 Å². The minimum Gasteiger partial charge on any atom is -0.445 e. The van der Waals surface area contributed by atoms with Crippen LogP contribution in [0.1, 0.15) is 39.5 Å². The largest absolute Gasteiger partial charge is 0.445 e. The zero-order valence-electron chi connectivity index (χ0n) is 8.26. The van der Waals surface area contributed by atoms with E-state index in [9.17, 15) is 9.59 Å². The van der Waals surface area contributed by atoms with E-state index in [4.69, 9.17) is 0 Å². The van der Waals surface area contributed by atoms with Crippen molar-refractivity contribution >= 4 is 11.9 Å². The molecule has 0 bridgehead atoms. The predicted molar refractivity (Wildman–Crippen MR) is 48.9 cm³/mol. The molecule has 0 atom stereocenters. The van der Waals surface area contributed by atoms with Crippen LogP contribution in [0.15, 0.2) is 0 Å². The molecule has 0 radical (unpaired) electrons. The smallest absolute Gasteiger partial charge is 0.304 e. The number of ether oxygens (including phenoxy) is 1. The summed E-state index contributed by atoms with van der Waals surface area (Å²) >= 11 is 0. The van der Waals surface area contributed by atoms with Gasteiger partial charge in [-0.25, -0.2) is 0 Å². The Morgan fingerprint density at radius 2 is 2.00 bits per heavy atom. The third-order valence-corrected chi connectivity index (χ3v) is 1.55. The molecule has 13 heavy (non-hydrogen) atoms. The maximum atomic E-state index is 11.0. The molecular formula is C9H17NO3. The first kappa shape index (κ1) is 11.9. The molecule has 0 aliphatic carbocycles. The molecule has 0 unspecified atom stereocenters. The Morgan fingerprint density at radius 1 is 1.31 bits per heavy atom. The first-order valence-corrected chi connectivity index (χ1v) is 4.57. The zero-order chi connectivity index (χ0) is 10.1. The molecule has 0 aliphatic rings. The molecular weight excluding hydrogens is 170 g/mol. The van der Waals surface area contributed by atoms with Gasteiger partial charge in [-0.2, -0.15) is 0 Å². The Labute approximate surface area is 78.6 Å². The molecule has 4 nitrogen and oxygen atoms in total. The molecule has 0 heterocycles. The third kappa shape index (κ3) is 8.85. The molecule has 0 rings (SSSR count). The Hall–Kier alpha value is -1.06. The van der Waals surface area contributed by atoms with Gasteiger partial charge >= 0.3 is 5.97 Å². The van der Waals surface area contributed by atoms with Crippen LogP contribution in [0.2, 0.25) is 0 Å². The first-order valence-electron chi connectivity index (χ1n) is 4.57. The lowest BCUT2D eigenvalue weighted by Gasteiger charge is -2.04. The van der Waals surface area contributed by atoms with Crippen molar-refractivity contribution in [3.05, 3.63) is 0 Å². The van der Waals surface area contributed by atoms with Gasteiger partial charge in [-0.15, -0.1) is 0 Å². The van der Waals surface area contributed by atoms with E-state index in [1.54, 1.807) is 0 Å². The summed E-state index contributed by atoms with van der Waals surface area (Å²) in [6, 6.07) is 0. The van der Waals surface area contributed by atoms with Crippen molar-refractivity contribution in [3.8, 4) is 0 Å². The van der Waals surface area contributed by atoms with Gasteiger partial charge in [0.05, 0.1) is 0 Å². The summed E-state index contributed by atoms with van der Waals surface area (Å²) in [5, 5.41) is 2.49. The number of carbonyl (C=O) groups is 2. The van der Waals surface area contributed by atoms with E-state index in [1.807, 2.05) is 0 Å². The Balaban J connectivity index is 3.25. The number of hydrogen-bond acceptors (Lipinski definition) is 3. The van der Waals surface area contributed by atoms with Crippen molar-refractivity contribution < 1.29 is 14.3 Å². The SMILES string of the molecule is CCCCCC(=O)NCOC(C)=O. The number of nitrogens with one attached hydrogen (secondary N) is 1. The van der Waals surface area contributed by atoms with Crippen LogP contribution in [0.4, 0.5) is 0 Å². The summed E-state index contributed by atoms with van der Waals surface area (Å²) in [5.74, 6) is -0.441. The molecule has 0 spiro atoms. The monoisotopic (exact) mass is 187 g/mol. The van der Waals surface area contributed by atoms with Gasteiger partial charge in [0.1, 0.15) is 0 Å². The van der Waals surface area contributed by atoms with Crippen LogP contribution in [0, 0.1) is 0 Å². The number of carbonyl (C=O) groups excluding carboxylic acids is 2. The zero-order valence-corrected chi connectivity index (χ0v) is 8.26. The van der Waals surface area contributed by atoms with E-state index in [2.05, 4.69) is 17.0 Å². The fourth-order valence-corrected chi connectivity index (χ4v) is 0.842. The number of rotatable bonds is 6. The quantitative estimate of drug-likeness (QED) is 0.386. The molecule has 1 amide bonds. The number of esters is 1. The summed E-state index contributed by atoms with van der Waals surface area (Å²) in [6.07, 6.45) is 3.55. The van der Waals surface area contributed by atoms with Gasteiger partial charge in [-0.1, -0.05) is 19.8 Å². The third-order valence-electron chi connectivity index (χ3n) is 1.55. The second-order valence-corrected chi connectivity index (χ2v) is 2.84. The van der Waals surface area contributed by atoms with Crippen LogP contribution in [0.3, 0.4) is 0 Å². The minimum absolute atomic E-state index is 0.0136. The average Bonchev–Trinajstić information content (AvgIpc) is 2.04. The molecule has 0 aromatic carbocycles. The molecule has 0 aromatic heterocycles. The summed E-state index contributed by atoms with van der Waals surface area (Å²) < 4.78 is 4.55. The predicted octanol–water partition coefficient (Wildman–Crippen LogP) is 1.20. The highest BCUT2D eigenvalue weighted by Gasteiger charge is 2.00. The standard InChI is InChI=1S/C9H17NO3/c1-3-4-5-6-9(12)10-7-13-8(2)11/h3-7H2,1-2H3,(H,10,12). The molecule has 0 fully saturated rings. The van der Waals surface area contributed by atoms with Crippen molar-refractivity contribution in [2.45, 2.75) is 39.5 Å². The van der Waals surface area contributed by atoms with Crippen LogP contribution < -0.4 is 5.32 Å². The summed E-state index contributed by atoms with van der Waals surface area (Å²) in [6.45, 7) is 3.38. The van der Waals surface area contributed by atoms with Crippen LogP contribution in [-0.4, -0.2) is 18.6 Å². The highest BCUT2D eigenvalue weighted by molar-refractivity contribution is 5.76. The van der Waals surface area contributed by atoms with Gasteiger partial charge in [0.25, 0.3) is 0 Å². The molecule has 0 aromatic rings. The highest BCUT2D eigenvalue weighted by atomic mass is 16.5. The van der Waals surface area contributed by atoms with Crippen molar-refractivity contribution in [1.29, 1.82) is 0 Å². The number of hydrogen-bond donors (Lipinski definition) is 1. The van der Waals surface area contributed by atoms with Crippen molar-refractivity contribution in [3.63, 3.8) is 0 Å². The fraction of sp³-hybridized carbons (Fsp3) is 0.778. The minimum atomic E-state index is -0.381. The summed E-state index contributed by atoms with van der Waals surface area (Å²) in [7, 11) is 0. The Kier molecular flexibility index (Phi) is 6.96. The Bertz CT molecular complexity index is 168. The maximum absolute atomic E-state index is 11.0. The van der Waals surface area contributed by atoms with E-state index in [0.29, 0.717) is 6.42 Å². The van der Waals surface area contributed by atoms with Gasteiger partial charge in [0.15, 0.2) is 6.73 Å². The van der Waals surface area contributed by atoms with E-state index in [1.165, 1.54) is 6.92 Å². The lowest BCUT2D eigenvalue weighted by molar-refractivity contribution is -0.142. The van der Waals surface area contributed by atoms with Gasteiger partial charge in [-0.3, -0.25) is 9.59 Å². The van der Waals surface area contributed by atoms with Crippen LogP contribution in [0.25, 0.3) is 0 Å². The van der Waals surface area contributed by atoms with Crippen LogP contribution in [0.5, 0.6) is 0 Å². The molecule has 4 heteroatoms.